The Bertz CT molecular complexity index is 527. The summed E-state index contributed by atoms with van der Waals surface area (Å²) in [5, 5.41) is 3.46. The van der Waals surface area contributed by atoms with Gasteiger partial charge in [-0.05, 0) is 37.0 Å². The molecule has 0 unspecified atom stereocenters. The summed E-state index contributed by atoms with van der Waals surface area (Å²) < 4.78 is 0. The number of anilines is 1. The van der Waals surface area contributed by atoms with Crippen molar-refractivity contribution in [2.45, 2.75) is 25.7 Å². The fourth-order valence-electron chi connectivity index (χ4n) is 2.02. The predicted molar refractivity (Wildman–Crippen MR) is 78.0 cm³/mol. The molecule has 1 fully saturated rings. The van der Waals surface area contributed by atoms with Crippen LogP contribution in [0, 0.1) is 17.8 Å². The molecular weight excluding hydrogens is 260 g/mol. The molecule has 100 valence electrons. The second-order valence-electron chi connectivity index (χ2n) is 4.75. The Kier molecular flexibility index (Phi) is 4.84. The maximum absolute atomic E-state index is 11.8. The minimum absolute atomic E-state index is 0.0600. The molecule has 1 aromatic carbocycles. The first-order chi connectivity index (χ1) is 9.19. The topological polar surface area (TPSA) is 55.1 Å². The average molecular weight is 277 g/mol. The van der Waals surface area contributed by atoms with Crippen LogP contribution in [0.2, 0.25) is 5.02 Å². The fourth-order valence-corrected chi connectivity index (χ4v) is 2.18. The van der Waals surface area contributed by atoms with Crippen molar-refractivity contribution in [3.8, 4) is 11.8 Å². The molecular formula is C15H17ClN2O. The highest BCUT2D eigenvalue weighted by Gasteiger charge is 2.20. The number of benzene rings is 1. The molecule has 0 heterocycles. The minimum Gasteiger partial charge on any atom is -0.326 e. The molecule has 19 heavy (non-hydrogen) atoms. The first-order valence-electron chi connectivity index (χ1n) is 6.47. The summed E-state index contributed by atoms with van der Waals surface area (Å²) in [5.74, 6) is 6.27. The lowest BCUT2D eigenvalue weighted by atomic mass is 9.83. The number of hydrogen-bond donors (Lipinski definition) is 2. The van der Waals surface area contributed by atoms with E-state index in [9.17, 15) is 4.79 Å². The van der Waals surface area contributed by atoms with Crippen molar-refractivity contribution in [1.82, 2.24) is 0 Å². The molecule has 0 atom stereocenters. The van der Waals surface area contributed by atoms with Crippen molar-refractivity contribution in [1.29, 1.82) is 0 Å². The van der Waals surface area contributed by atoms with Gasteiger partial charge in [0, 0.05) is 17.7 Å². The number of carbonyl (C=O) groups is 1. The fraction of sp³-hybridized carbons (Fsp3) is 0.400. The van der Waals surface area contributed by atoms with Crippen LogP contribution in [0.15, 0.2) is 18.2 Å². The first kappa shape index (κ1) is 13.9. The summed E-state index contributed by atoms with van der Waals surface area (Å²) in [6, 6.07) is 5.30. The maximum Gasteiger partial charge on any atom is 0.224 e. The molecule has 3 N–H and O–H groups in total. The van der Waals surface area contributed by atoms with Crippen molar-refractivity contribution in [3.63, 3.8) is 0 Å². The summed E-state index contributed by atoms with van der Waals surface area (Å²) >= 11 is 6.03. The van der Waals surface area contributed by atoms with Crippen LogP contribution >= 0.6 is 11.6 Å². The number of nitrogens with one attached hydrogen (secondary N) is 1. The van der Waals surface area contributed by atoms with Crippen LogP contribution in [0.5, 0.6) is 0 Å². The van der Waals surface area contributed by atoms with Gasteiger partial charge in [-0.25, -0.2) is 0 Å². The van der Waals surface area contributed by atoms with E-state index in [0.29, 0.717) is 22.9 Å². The molecule has 1 aliphatic rings. The Balaban J connectivity index is 2.01. The van der Waals surface area contributed by atoms with E-state index in [0.717, 1.165) is 5.69 Å². The zero-order valence-corrected chi connectivity index (χ0v) is 11.5. The van der Waals surface area contributed by atoms with Crippen molar-refractivity contribution < 1.29 is 4.79 Å². The van der Waals surface area contributed by atoms with Crippen LogP contribution in [-0.4, -0.2) is 12.5 Å². The molecule has 0 aliphatic heterocycles. The number of halogens is 1. The smallest absolute Gasteiger partial charge is 0.224 e. The van der Waals surface area contributed by atoms with E-state index < -0.39 is 0 Å². The summed E-state index contributed by atoms with van der Waals surface area (Å²) in [4.78, 5) is 11.8. The predicted octanol–water partition coefficient (Wildman–Crippen LogP) is 2.78. The van der Waals surface area contributed by atoms with Gasteiger partial charge in [0.2, 0.25) is 5.91 Å². The number of hydrogen-bond acceptors (Lipinski definition) is 2. The highest BCUT2D eigenvalue weighted by molar-refractivity contribution is 6.31. The Morgan fingerprint density at radius 1 is 1.47 bits per heavy atom. The van der Waals surface area contributed by atoms with Crippen LogP contribution in [0.25, 0.3) is 0 Å². The van der Waals surface area contributed by atoms with Gasteiger partial charge in [-0.1, -0.05) is 29.9 Å². The van der Waals surface area contributed by atoms with Gasteiger partial charge in [-0.15, -0.1) is 0 Å². The Hall–Kier alpha value is -1.50. The molecule has 1 amide bonds. The average Bonchev–Trinajstić information content (AvgIpc) is 2.34. The lowest BCUT2D eigenvalue weighted by Gasteiger charge is -2.24. The molecule has 1 saturated carbocycles. The number of rotatable bonds is 3. The molecule has 0 radical (unpaired) electrons. The molecule has 1 aromatic rings. The molecule has 3 nitrogen and oxygen atoms in total. The van der Waals surface area contributed by atoms with Crippen LogP contribution in [0.4, 0.5) is 5.69 Å². The van der Waals surface area contributed by atoms with Gasteiger partial charge in [0.1, 0.15) is 0 Å². The number of carbonyl (C=O) groups excluding carboxylic acids is 1. The van der Waals surface area contributed by atoms with Crippen LogP contribution in [0.3, 0.4) is 0 Å². The van der Waals surface area contributed by atoms with E-state index in [1.165, 1.54) is 19.3 Å². The largest absolute Gasteiger partial charge is 0.326 e. The molecule has 4 heteroatoms. The highest BCUT2D eigenvalue weighted by atomic mass is 35.5. The van der Waals surface area contributed by atoms with E-state index in [-0.39, 0.29) is 12.5 Å². The zero-order chi connectivity index (χ0) is 13.7. The second-order valence-corrected chi connectivity index (χ2v) is 5.16. The van der Waals surface area contributed by atoms with Crippen molar-refractivity contribution in [2.75, 3.05) is 11.9 Å². The quantitative estimate of drug-likeness (QED) is 0.834. The van der Waals surface area contributed by atoms with Gasteiger partial charge in [-0.3, -0.25) is 4.79 Å². The monoisotopic (exact) mass is 276 g/mol. The maximum atomic E-state index is 11.8. The van der Waals surface area contributed by atoms with E-state index in [1.54, 1.807) is 18.2 Å². The van der Waals surface area contributed by atoms with Gasteiger partial charge in [0.05, 0.1) is 11.6 Å². The third-order valence-corrected chi connectivity index (χ3v) is 3.60. The van der Waals surface area contributed by atoms with Crippen LogP contribution in [0.1, 0.15) is 31.2 Å². The van der Waals surface area contributed by atoms with E-state index in [1.807, 2.05) is 0 Å². The Morgan fingerprint density at radius 2 is 2.26 bits per heavy atom. The van der Waals surface area contributed by atoms with E-state index >= 15 is 0 Å². The summed E-state index contributed by atoms with van der Waals surface area (Å²) in [5.41, 5.74) is 6.76. The highest BCUT2D eigenvalue weighted by Crippen LogP contribution is 2.29. The standard InChI is InChI=1S/C15H17ClN2O/c16-14-7-6-13(10-12(14)5-2-8-17)18-15(19)9-11-3-1-4-11/h6-7,10-11H,1,3-4,8-9,17H2,(H,18,19). The van der Waals surface area contributed by atoms with Crippen molar-refractivity contribution in [2.24, 2.45) is 11.7 Å². The van der Waals surface area contributed by atoms with Crippen molar-refractivity contribution >= 4 is 23.2 Å². The van der Waals surface area contributed by atoms with Crippen LogP contribution < -0.4 is 11.1 Å². The summed E-state index contributed by atoms with van der Waals surface area (Å²) in [6.45, 7) is 0.286. The van der Waals surface area contributed by atoms with Gasteiger partial charge in [0.25, 0.3) is 0 Å². The van der Waals surface area contributed by atoms with Gasteiger partial charge >= 0.3 is 0 Å². The second kappa shape index (κ2) is 6.60. The van der Waals surface area contributed by atoms with E-state index in [4.69, 9.17) is 17.3 Å². The minimum atomic E-state index is 0.0600. The van der Waals surface area contributed by atoms with E-state index in [2.05, 4.69) is 17.2 Å². The lowest BCUT2D eigenvalue weighted by molar-refractivity contribution is -0.117. The van der Waals surface area contributed by atoms with Crippen molar-refractivity contribution in [3.05, 3.63) is 28.8 Å². The zero-order valence-electron chi connectivity index (χ0n) is 10.7. The van der Waals surface area contributed by atoms with Gasteiger partial charge in [-0.2, -0.15) is 0 Å². The molecule has 0 spiro atoms. The summed E-state index contributed by atoms with van der Waals surface area (Å²) in [6.07, 6.45) is 4.19. The SMILES string of the molecule is NCC#Cc1cc(NC(=O)CC2CCC2)ccc1Cl. The third kappa shape index (κ3) is 3.99. The van der Waals surface area contributed by atoms with Gasteiger partial charge in [0.15, 0.2) is 0 Å². The van der Waals surface area contributed by atoms with Gasteiger partial charge < -0.3 is 11.1 Å². The summed E-state index contributed by atoms with van der Waals surface area (Å²) in [7, 11) is 0. The molecule has 0 aromatic heterocycles. The molecule has 1 aliphatic carbocycles. The molecule has 0 saturated heterocycles. The molecule has 2 rings (SSSR count). The Labute approximate surface area is 118 Å². The Morgan fingerprint density at radius 3 is 2.89 bits per heavy atom. The third-order valence-electron chi connectivity index (χ3n) is 3.27. The number of amides is 1. The normalized spacial score (nSPS) is 14.2. The van der Waals surface area contributed by atoms with Crippen LogP contribution in [-0.2, 0) is 4.79 Å². The number of nitrogens with two attached hydrogens (primary N) is 1. The first-order valence-corrected chi connectivity index (χ1v) is 6.85. The molecule has 0 bridgehead atoms. The lowest BCUT2D eigenvalue weighted by Crippen LogP contribution is -2.20.